The van der Waals surface area contributed by atoms with Gasteiger partial charge in [0.05, 0.1) is 5.69 Å². The zero-order valence-corrected chi connectivity index (χ0v) is 9.29. The fraction of sp³-hybridized carbons (Fsp3) is 0.583. The molecule has 0 aliphatic carbocycles. The van der Waals surface area contributed by atoms with Crippen LogP contribution in [0.25, 0.3) is 0 Å². The Kier molecular flexibility index (Phi) is 1.70. The van der Waals surface area contributed by atoms with Gasteiger partial charge >= 0.3 is 0 Å². The van der Waals surface area contributed by atoms with Crippen molar-refractivity contribution in [2.75, 3.05) is 0 Å². The normalized spacial score (nSPS) is 23.3. The van der Waals surface area contributed by atoms with Crippen LogP contribution in [0.15, 0.2) is 18.3 Å². The molecular formula is C12H17NO. The van der Waals surface area contributed by atoms with E-state index in [9.17, 15) is 4.79 Å². The first-order valence-corrected chi connectivity index (χ1v) is 5.07. The maximum Gasteiger partial charge on any atom is 0.179 e. The van der Waals surface area contributed by atoms with Crippen molar-refractivity contribution in [2.24, 2.45) is 5.41 Å². The fourth-order valence-electron chi connectivity index (χ4n) is 2.13. The molecule has 0 amide bonds. The molecule has 0 saturated heterocycles. The Morgan fingerprint density at radius 1 is 1.29 bits per heavy atom. The van der Waals surface area contributed by atoms with Crippen molar-refractivity contribution < 1.29 is 4.79 Å². The van der Waals surface area contributed by atoms with Crippen molar-refractivity contribution in [3.05, 3.63) is 24.0 Å². The molecule has 0 aromatic carbocycles. The molecule has 2 rings (SSSR count). The number of carbonyl (C=O) groups is 1. The maximum absolute atomic E-state index is 11.8. The lowest BCUT2D eigenvalue weighted by Crippen LogP contribution is -2.48. The van der Waals surface area contributed by atoms with Crippen LogP contribution in [0.1, 0.15) is 44.6 Å². The molecule has 0 unspecified atom stereocenters. The minimum atomic E-state index is 0.0136. The van der Waals surface area contributed by atoms with E-state index >= 15 is 0 Å². The molecule has 2 heterocycles. The number of aromatic nitrogens is 1. The van der Waals surface area contributed by atoms with E-state index in [1.54, 1.807) is 0 Å². The number of rotatable bonds is 0. The number of fused-ring (bicyclic) bond motifs is 1. The molecule has 2 nitrogen and oxygen atoms in total. The monoisotopic (exact) mass is 191 g/mol. The van der Waals surface area contributed by atoms with Gasteiger partial charge in [-0.3, -0.25) is 4.79 Å². The summed E-state index contributed by atoms with van der Waals surface area (Å²) >= 11 is 0. The number of nitrogens with zero attached hydrogens (tertiary/aromatic N) is 1. The van der Waals surface area contributed by atoms with Gasteiger partial charge in [0, 0.05) is 18.2 Å². The Labute approximate surface area is 84.9 Å². The smallest absolute Gasteiger partial charge is 0.179 e. The first kappa shape index (κ1) is 9.50. The molecule has 0 spiro atoms. The highest BCUT2D eigenvalue weighted by Gasteiger charge is 2.45. The number of ketones is 1. The molecule has 14 heavy (non-hydrogen) atoms. The Morgan fingerprint density at radius 3 is 2.57 bits per heavy atom. The third-order valence-electron chi connectivity index (χ3n) is 3.90. The van der Waals surface area contributed by atoms with Crippen LogP contribution in [0.5, 0.6) is 0 Å². The van der Waals surface area contributed by atoms with Crippen molar-refractivity contribution in [2.45, 2.75) is 39.7 Å². The molecule has 0 fully saturated rings. The van der Waals surface area contributed by atoms with Gasteiger partial charge in [0.2, 0.25) is 0 Å². The van der Waals surface area contributed by atoms with E-state index < -0.39 is 0 Å². The molecular weight excluding hydrogens is 174 g/mol. The maximum atomic E-state index is 11.8. The summed E-state index contributed by atoms with van der Waals surface area (Å²) in [5.74, 6) is 0.263. The first-order chi connectivity index (χ1) is 6.36. The van der Waals surface area contributed by atoms with Gasteiger partial charge in [-0.2, -0.15) is 0 Å². The van der Waals surface area contributed by atoms with Gasteiger partial charge in [0.15, 0.2) is 5.78 Å². The molecule has 0 radical (unpaired) electrons. The third kappa shape index (κ3) is 0.999. The van der Waals surface area contributed by atoms with Gasteiger partial charge in [-0.05, 0) is 31.4 Å². The lowest BCUT2D eigenvalue weighted by Gasteiger charge is -2.46. The minimum absolute atomic E-state index is 0.0136. The number of Topliss-reactive ketones (excluding diaryl/α,β-unsaturated/α-hetero) is 1. The van der Waals surface area contributed by atoms with Crippen molar-refractivity contribution in [1.29, 1.82) is 0 Å². The highest BCUT2D eigenvalue weighted by atomic mass is 16.1. The lowest BCUT2D eigenvalue weighted by atomic mass is 9.68. The van der Waals surface area contributed by atoms with Crippen LogP contribution in [0.4, 0.5) is 0 Å². The number of hydrogen-bond acceptors (Lipinski definition) is 1. The SMILES string of the molecule is CC1(C)CC(=O)c2cccn2C1(C)C. The average molecular weight is 191 g/mol. The summed E-state index contributed by atoms with van der Waals surface area (Å²) in [4.78, 5) is 11.8. The predicted molar refractivity (Wildman–Crippen MR) is 56.5 cm³/mol. The number of hydrogen-bond donors (Lipinski definition) is 0. The van der Waals surface area contributed by atoms with E-state index in [2.05, 4.69) is 32.3 Å². The highest BCUT2D eigenvalue weighted by Crippen LogP contribution is 2.44. The topological polar surface area (TPSA) is 22.0 Å². The molecule has 2 heteroatoms. The molecule has 0 atom stereocenters. The van der Waals surface area contributed by atoms with Crippen molar-refractivity contribution in [3.8, 4) is 0 Å². The zero-order chi connectivity index (χ0) is 10.6. The van der Waals surface area contributed by atoms with E-state index in [1.165, 1.54) is 0 Å². The molecule has 0 N–H and O–H groups in total. The van der Waals surface area contributed by atoms with Crippen LogP contribution in [-0.2, 0) is 5.54 Å². The molecule has 1 aliphatic heterocycles. The highest BCUT2D eigenvalue weighted by molar-refractivity contribution is 5.96. The van der Waals surface area contributed by atoms with Crippen molar-refractivity contribution in [3.63, 3.8) is 0 Å². The third-order valence-corrected chi connectivity index (χ3v) is 3.90. The van der Waals surface area contributed by atoms with Gasteiger partial charge in [-0.25, -0.2) is 0 Å². The summed E-state index contributed by atoms with van der Waals surface area (Å²) in [5.41, 5.74) is 0.893. The second-order valence-electron chi connectivity index (χ2n) is 5.31. The molecule has 1 aromatic heterocycles. The van der Waals surface area contributed by atoms with E-state index in [1.807, 2.05) is 18.3 Å². The van der Waals surface area contributed by atoms with Gasteiger partial charge in [0.25, 0.3) is 0 Å². The first-order valence-electron chi connectivity index (χ1n) is 5.07. The largest absolute Gasteiger partial charge is 0.339 e. The molecule has 0 saturated carbocycles. The van der Waals surface area contributed by atoms with Crippen molar-refractivity contribution >= 4 is 5.78 Å². The van der Waals surface area contributed by atoms with Crippen LogP contribution in [0.2, 0.25) is 0 Å². The summed E-state index contributed by atoms with van der Waals surface area (Å²) in [6, 6.07) is 3.87. The average Bonchev–Trinajstić information content (AvgIpc) is 2.48. The van der Waals surface area contributed by atoms with Crippen LogP contribution >= 0.6 is 0 Å². The zero-order valence-electron chi connectivity index (χ0n) is 9.29. The van der Waals surface area contributed by atoms with Crippen LogP contribution in [-0.4, -0.2) is 10.4 Å². The van der Waals surface area contributed by atoms with Gasteiger partial charge in [-0.15, -0.1) is 0 Å². The van der Waals surface area contributed by atoms with E-state index in [4.69, 9.17) is 0 Å². The minimum Gasteiger partial charge on any atom is -0.339 e. The summed E-state index contributed by atoms with van der Waals surface area (Å²) in [5, 5.41) is 0. The Morgan fingerprint density at radius 2 is 1.93 bits per heavy atom. The standard InChI is InChI=1S/C12H17NO/c1-11(2)8-10(14)9-6-5-7-13(9)12(11,3)4/h5-7H,8H2,1-4H3. The fourth-order valence-corrected chi connectivity index (χ4v) is 2.13. The number of carbonyl (C=O) groups excluding carboxylic acids is 1. The van der Waals surface area contributed by atoms with Crippen LogP contribution in [0.3, 0.4) is 0 Å². The Balaban J connectivity index is 2.65. The summed E-state index contributed by atoms with van der Waals surface area (Å²) in [6.07, 6.45) is 2.65. The summed E-state index contributed by atoms with van der Waals surface area (Å²) in [7, 11) is 0. The second kappa shape index (κ2) is 2.50. The van der Waals surface area contributed by atoms with Gasteiger partial charge in [0.1, 0.15) is 0 Å². The van der Waals surface area contributed by atoms with E-state index in [0.717, 1.165) is 5.69 Å². The van der Waals surface area contributed by atoms with Crippen molar-refractivity contribution in [1.82, 2.24) is 4.57 Å². The van der Waals surface area contributed by atoms with Gasteiger partial charge in [-0.1, -0.05) is 13.8 Å². The molecule has 0 bridgehead atoms. The predicted octanol–water partition coefficient (Wildman–Crippen LogP) is 2.84. The van der Waals surface area contributed by atoms with E-state index in [0.29, 0.717) is 6.42 Å². The lowest BCUT2D eigenvalue weighted by molar-refractivity contribution is 0.0587. The Hall–Kier alpha value is -1.05. The van der Waals surface area contributed by atoms with Crippen LogP contribution < -0.4 is 0 Å². The quantitative estimate of drug-likeness (QED) is 0.618. The molecule has 1 aliphatic rings. The van der Waals surface area contributed by atoms with E-state index in [-0.39, 0.29) is 16.7 Å². The molecule has 76 valence electrons. The Bertz CT molecular complexity index is 385. The van der Waals surface area contributed by atoms with Gasteiger partial charge < -0.3 is 4.57 Å². The summed E-state index contributed by atoms with van der Waals surface area (Å²) in [6.45, 7) is 8.72. The molecule has 1 aromatic rings. The van der Waals surface area contributed by atoms with Crippen LogP contribution in [0, 0.1) is 5.41 Å². The summed E-state index contributed by atoms with van der Waals surface area (Å²) < 4.78 is 2.11. The second-order valence-corrected chi connectivity index (χ2v) is 5.31.